The predicted molar refractivity (Wildman–Crippen MR) is 71.0 cm³/mol. The van der Waals surface area contributed by atoms with Crippen LogP contribution in [0.15, 0.2) is 42.1 Å². The van der Waals surface area contributed by atoms with Crippen LogP contribution in [0, 0.1) is 5.92 Å². The first-order valence-corrected chi connectivity index (χ1v) is 5.92. The fourth-order valence-electron chi connectivity index (χ4n) is 2.09. The summed E-state index contributed by atoms with van der Waals surface area (Å²) in [6, 6.07) is 10.7. The van der Waals surface area contributed by atoms with Gasteiger partial charge >= 0.3 is 0 Å². The summed E-state index contributed by atoms with van der Waals surface area (Å²) in [6.07, 6.45) is 2.09. The van der Waals surface area contributed by atoms with Crippen molar-refractivity contribution in [2.75, 3.05) is 0 Å². The van der Waals surface area contributed by atoms with Crippen molar-refractivity contribution >= 4 is 17.3 Å². The summed E-state index contributed by atoms with van der Waals surface area (Å²) in [6.45, 7) is 4.24. The number of hydrogen-bond acceptors (Lipinski definition) is 1. The van der Waals surface area contributed by atoms with Gasteiger partial charge in [-0.3, -0.25) is 0 Å². The van der Waals surface area contributed by atoms with Crippen LogP contribution in [-0.2, 0) is 0 Å². The molecule has 0 radical (unpaired) electrons. The summed E-state index contributed by atoms with van der Waals surface area (Å²) in [7, 11) is 0. The van der Waals surface area contributed by atoms with Gasteiger partial charge in [0.2, 0.25) is 0 Å². The summed E-state index contributed by atoms with van der Waals surface area (Å²) in [5.41, 5.74) is 2.47. The average Bonchev–Trinajstić information content (AvgIpc) is 2.33. The molecule has 2 unspecified atom stereocenters. The lowest BCUT2D eigenvalue weighted by atomic mass is 9.90. The van der Waals surface area contributed by atoms with Crippen molar-refractivity contribution in [1.29, 1.82) is 0 Å². The molecule has 0 aliphatic carbocycles. The second-order valence-corrected chi connectivity index (χ2v) is 4.43. The summed E-state index contributed by atoms with van der Waals surface area (Å²) in [4.78, 5) is 0. The molecular weight excluding hydrogens is 216 g/mol. The smallest absolute Gasteiger partial charge is 0.171 e. The number of thiocarbonyl (C=S) groups is 1. The standard InChI is InChI=1S/C13H16N2S/c1-3-11-9(2)12(15-13(16)14-11)10-7-5-4-6-8-10/h3-9,12H,1-2H3,(H2,14,15,16). The van der Waals surface area contributed by atoms with E-state index in [1.807, 2.05) is 13.0 Å². The van der Waals surface area contributed by atoms with Crippen LogP contribution in [0.2, 0.25) is 0 Å². The second-order valence-electron chi connectivity index (χ2n) is 4.02. The minimum Gasteiger partial charge on any atom is -0.355 e. The molecule has 1 fully saturated rings. The van der Waals surface area contributed by atoms with E-state index in [0.29, 0.717) is 11.0 Å². The summed E-state index contributed by atoms with van der Waals surface area (Å²) < 4.78 is 0. The molecule has 1 heterocycles. The summed E-state index contributed by atoms with van der Waals surface area (Å²) in [5.74, 6) is 0.402. The largest absolute Gasteiger partial charge is 0.355 e. The molecule has 1 saturated heterocycles. The second kappa shape index (κ2) is 4.66. The van der Waals surface area contributed by atoms with E-state index in [1.54, 1.807) is 0 Å². The molecule has 3 heteroatoms. The first-order valence-electron chi connectivity index (χ1n) is 5.51. The minimum absolute atomic E-state index is 0.265. The van der Waals surface area contributed by atoms with Gasteiger partial charge < -0.3 is 10.6 Å². The van der Waals surface area contributed by atoms with Gasteiger partial charge in [0.15, 0.2) is 5.11 Å². The Hall–Kier alpha value is -1.35. The van der Waals surface area contributed by atoms with Crippen LogP contribution >= 0.6 is 12.2 Å². The molecule has 1 aromatic carbocycles. The number of benzene rings is 1. The van der Waals surface area contributed by atoms with E-state index in [4.69, 9.17) is 12.2 Å². The van der Waals surface area contributed by atoms with Crippen LogP contribution in [0.1, 0.15) is 25.5 Å². The molecule has 2 N–H and O–H groups in total. The van der Waals surface area contributed by atoms with Crippen molar-refractivity contribution in [2.24, 2.45) is 5.92 Å². The van der Waals surface area contributed by atoms with Gasteiger partial charge in [0.05, 0.1) is 6.04 Å². The maximum Gasteiger partial charge on any atom is 0.171 e. The average molecular weight is 232 g/mol. The molecule has 1 aliphatic rings. The van der Waals surface area contributed by atoms with E-state index in [-0.39, 0.29) is 6.04 Å². The quantitative estimate of drug-likeness (QED) is 0.728. The lowest BCUT2D eigenvalue weighted by molar-refractivity contribution is 0.451. The first-order chi connectivity index (χ1) is 7.72. The van der Waals surface area contributed by atoms with E-state index < -0.39 is 0 Å². The molecule has 2 rings (SSSR count). The third kappa shape index (κ3) is 2.09. The van der Waals surface area contributed by atoms with Crippen LogP contribution in [0.3, 0.4) is 0 Å². The highest BCUT2D eigenvalue weighted by molar-refractivity contribution is 7.80. The normalized spacial score (nSPS) is 27.4. The van der Waals surface area contributed by atoms with Gasteiger partial charge in [-0.15, -0.1) is 0 Å². The van der Waals surface area contributed by atoms with Gasteiger partial charge in [-0.1, -0.05) is 43.3 Å². The van der Waals surface area contributed by atoms with Crippen molar-refractivity contribution in [1.82, 2.24) is 10.6 Å². The molecule has 0 aromatic heterocycles. The fraction of sp³-hybridized carbons (Fsp3) is 0.308. The molecule has 0 saturated carbocycles. The maximum absolute atomic E-state index is 5.22. The van der Waals surface area contributed by atoms with Crippen molar-refractivity contribution < 1.29 is 0 Å². The van der Waals surface area contributed by atoms with Crippen molar-refractivity contribution in [3.63, 3.8) is 0 Å². The number of nitrogens with one attached hydrogen (secondary N) is 2. The predicted octanol–water partition coefficient (Wildman–Crippen LogP) is 2.75. The third-order valence-corrected chi connectivity index (χ3v) is 3.22. The molecule has 2 nitrogen and oxygen atoms in total. The Labute approximate surface area is 102 Å². The van der Waals surface area contributed by atoms with E-state index in [1.165, 1.54) is 11.3 Å². The Kier molecular flexibility index (Phi) is 3.25. The van der Waals surface area contributed by atoms with Crippen LogP contribution in [-0.4, -0.2) is 5.11 Å². The molecule has 1 aliphatic heterocycles. The summed E-state index contributed by atoms with van der Waals surface area (Å²) >= 11 is 5.22. The molecule has 0 spiro atoms. The zero-order chi connectivity index (χ0) is 11.5. The van der Waals surface area contributed by atoms with Crippen LogP contribution in [0.5, 0.6) is 0 Å². The van der Waals surface area contributed by atoms with E-state index in [9.17, 15) is 0 Å². The molecule has 84 valence electrons. The zero-order valence-electron chi connectivity index (χ0n) is 9.53. The highest BCUT2D eigenvalue weighted by Gasteiger charge is 2.27. The van der Waals surface area contributed by atoms with E-state index in [2.05, 4.69) is 47.9 Å². The Morgan fingerprint density at radius 1 is 1.25 bits per heavy atom. The minimum atomic E-state index is 0.265. The molecule has 0 bridgehead atoms. The van der Waals surface area contributed by atoms with Gasteiger partial charge in [-0.05, 0) is 24.7 Å². The van der Waals surface area contributed by atoms with E-state index >= 15 is 0 Å². The van der Waals surface area contributed by atoms with Crippen LogP contribution in [0.25, 0.3) is 0 Å². The number of rotatable bonds is 1. The topological polar surface area (TPSA) is 24.1 Å². The van der Waals surface area contributed by atoms with Gasteiger partial charge in [0, 0.05) is 11.6 Å². The maximum atomic E-state index is 5.22. The fourth-order valence-corrected chi connectivity index (χ4v) is 2.34. The van der Waals surface area contributed by atoms with Crippen molar-refractivity contribution in [3.8, 4) is 0 Å². The highest BCUT2D eigenvalue weighted by atomic mass is 32.1. The van der Waals surface area contributed by atoms with Gasteiger partial charge in [-0.2, -0.15) is 0 Å². The van der Waals surface area contributed by atoms with E-state index in [0.717, 1.165) is 0 Å². The lowest BCUT2D eigenvalue weighted by Crippen LogP contribution is -2.47. The molecule has 0 amide bonds. The monoisotopic (exact) mass is 232 g/mol. The van der Waals surface area contributed by atoms with Gasteiger partial charge in [-0.25, -0.2) is 0 Å². The summed E-state index contributed by atoms with van der Waals surface area (Å²) in [5, 5.41) is 7.23. The molecular formula is C13H16N2S. The molecule has 1 aromatic rings. The first kappa shape index (κ1) is 11.1. The SMILES string of the molecule is CC=C1NC(=S)NC(c2ccccc2)C1C. The Morgan fingerprint density at radius 3 is 2.56 bits per heavy atom. The lowest BCUT2D eigenvalue weighted by Gasteiger charge is -2.34. The highest BCUT2D eigenvalue weighted by Crippen LogP contribution is 2.28. The van der Waals surface area contributed by atoms with Crippen LogP contribution < -0.4 is 10.6 Å². The molecule has 2 atom stereocenters. The van der Waals surface area contributed by atoms with Crippen molar-refractivity contribution in [2.45, 2.75) is 19.9 Å². The Balaban J connectivity index is 2.30. The Bertz CT molecular complexity index is 411. The van der Waals surface area contributed by atoms with Gasteiger partial charge in [0.25, 0.3) is 0 Å². The van der Waals surface area contributed by atoms with Crippen molar-refractivity contribution in [3.05, 3.63) is 47.7 Å². The number of hydrogen-bond donors (Lipinski definition) is 2. The number of allylic oxidation sites excluding steroid dienone is 1. The third-order valence-electron chi connectivity index (χ3n) is 3.00. The Morgan fingerprint density at radius 2 is 1.94 bits per heavy atom. The zero-order valence-corrected chi connectivity index (χ0v) is 10.3. The van der Waals surface area contributed by atoms with Crippen LogP contribution in [0.4, 0.5) is 0 Å². The van der Waals surface area contributed by atoms with Gasteiger partial charge in [0.1, 0.15) is 0 Å². The molecule has 16 heavy (non-hydrogen) atoms.